The summed E-state index contributed by atoms with van der Waals surface area (Å²) in [5.41, 5.74) is 0.860. The lowest BCUT2D eigenvalue weighted by atomic mass is 10.3. The van der Waals surface area contributed by atoms with Crippen LogP contribution in [0.1, 0.15) is 5.56 Å². The summed E-state index contributed by atoms with van der Waals surface area (Å²) in [5, 5.41) is 0. The molecule has 0 radical (unpaired) electrons. The average molecular weight is 165 g/mol. The molecule has 0 bridgehead atoms. The van der Waals surface area contributed by atoms with Crippen molar-refractivity contribution >= 4 is 6.08 Å². The van der Waals surface area contributed by atoms with E-state index in [0.29, 0.717) is 11.8 Å². The molecule has 0 fully saturated rings. The quantitative estimate of drug-likeness (QED) is 0.683. The SMILES string of the molecule is C=Cc1ccc(OC)nc1OC. The Bertz CT molecular complexity index is 284. The minimum atomic E-state index is 0.532. The van der Waals surface area contributed by atoms with Gasteiger partial charge in [-0.05, 0) is 6.07 Å². The van der Waals surface area contributed by atoms with Crippen molar-refractivity contribution < 1.29 is 9.47 Å². The van der Waals surface area contributed by atoms with E-state index >= 15 is 0 Å². The summed E-state index contributed by atoms with van der Waals surface area (Å²) >= 11 is 0. The number of hydrogen-bond acceptors (Lipinski definition) is 3. The number of aromatic nitrogens is 1. The zero-order chi connectivity index (χ0) is 8.97. The van der Waals surface area contributed by atoms with Gasteiger partial charge in [0.1, 0.15) is 0 Å². The molecule has 0 amide bonds. The van der Waals surface area contributed by atoms with Crippen molar-refractivity contribution in [2.24, 2.45) is 0 Å². The van der Waals surface area contributed by atoms with E-state index in [9.17, 15) is 0 Å². The minimum absolute atomic E-state index is 0.532. The Labute approximate surface area is 71.6 Å². The Morgan fingerprint density at radius 2 is 2.08 bits per heavy atom. The zero-order valence-electron chi connectivity index (χ0n) is 7.20. The van der Waals surface area contributed by atoms with Crippen LogP contribution < -0.4 is 9.47 Å². The molecule has 3 nitrogen and oxygen atoms in total. The van der Waals surface area contributed by atoms with Crippen molar-refractivity contribution in [3.05, 3.63) is 24.3 Å². The van der Waals surface area contributed by atoms with Crippen molar-refractivity contribution in [3.8, 4) is 11.8 Å². The molecule has 0 saturated heterocycles. The lowest BCUT2D eigenvalue weighted by Crippen LogP contribution is -1.93. The molecule has 1 heterocycles. The standard InChI is InChI=1S/C9H11NO2/c1-4-7-5-6-8(11-2)10-9(7)12-3/h4-6H,1H2,2-3H3. The van der Waals surface area contributed by atoms with Crippen molar-refractivity contribution in [2.75, 3.05) is 14.2 Å². The molecule has 3 heteroatoms. The van der Waals surface area contributed by atoms with Crippen LogP contribution in [0, 0.1) is 0 Å². The second kappa shape index (κ2) is 3.76. The number of methoxy groups -OCH3 is 2. The van der Waals surface area contributed by atoms with Crippen molar-refractivity contribution in [2.45, 2.75) is 0 Å². The Balaban J connectivity index is 3.10. The van der Waals surface area contributed by atoms with Gasteiger partial charge in [-0.2, -0.15) is 4.98 Å². The van der Waals surface area contributed by atoms with Gasteiger partial charge in [0.2, 0.25) is 11.8 Å². The molecule has 64 valence electrons. The van der Waals surface area contributed by atoms with Gasteiger partial charge >= 0.3 is 0 Å². The largest absolute Gasteiger partial charge is 0.481 e. The van der Waals surface area contributed by atoms with Crippen LogP contribution in [-0.2, 0) is 0 Å². The highest BCUT2D eigenvalue weighted by atomic mass is 16.5. The van der Waals surface area contributed by atoms with Crippen LogP contribution in [0.15, 0.2) is 18.7 Å². The molecule has 0 aliphatic rings. The van der Waals surface area contributed by atoms with Crippen LogP contribution in [0.25, 0.3) is 6.08 Å². The Morgan fingerprint density at radius 3 is 2.58 bits per heavy atom. The van der Waals surface area contributed by atoms with Crippen LogP contribution in [0.5, 0.6) is 11.8 Å². The third kappa shape index (κ3) is 1.56. The highest BCUT2D eigenvalue weighted by Crippen LogP contribution is 2.19. The third-order valence-electron chi connectivity index (χ3n) is 1.49. The lowest BCUT2D eigenvalue weighted by Gasteiger charge is -2.04. The van der Waals surface area contributed by atoms with Gasteiger partial charge in [0.05, 0.1) is 14.2 Å². The molecule has 0 spiro atoms. The molecule has 1 rings (SSSR count). The molecular formula is C9H11NO2. The topological polar surface area (TPSA) is 31.4 Å². The average Bonchev–Trinajstić information content (AvgIpc) is 2.16. The summed E-state index contributed by atoms with van der Waals surface area (Å²) in [6.45, 7) is 3.63. The molecule has 1 aromatic heterocycles. The van der Waals surface area contributed by atoms with Crippen molar-refractivity contribution in [1.29, 1.82) is 0 Å². The van der Waals surface area contributed by atoms with E-state index in [1.807, 2.05) is 6.07 Å². The molecule has 0 unspecified atom stereocenters. The molecular weight excluding hydrogens is 154 g/mol. The first-order valence-electron chi connectivity index (χ1n) is 3.53. The first kappa shape index (κ1) is 8.59. The summed E-state index contributed by atoms with van der Waals surface area (Å²) in [4.78, 5) is 4.06. The van der Waals surface area contributed by atoms with E-state index in [0.717, 1.165) is 5.56 Å². The maximum atomic E-state index is 5.02. The fourth-order valence-corrected chi connectivity index (χ4v) is 0.867. The third-order valence-corrected chi connectivity index (χ3v) is 1.49. The molecule has 0 N–H and O–H groups in total. The lowest BCUT2D eigenvalue weighted by molar-refractivity contribution is 0.364. The second-order valence-corrected chi connectivity index (χ2v) is 2.16. The fraction of sp³-hybridized carbons (Fsp3) is 0.222. The highest BCUT2D eigenvalue weighted by molar-refractivity contribution is 5.53. The zero-order valence-corrected chi connectivity index (χ0v) is 7.20. The Hall–Kier alpha value is -1.51. The van der Waals surface area contributed by atoms with E-state index in [1.165, 1.54) is 0 Å². The maximum Gasteiger partial charge on any atom is 0.223 e. The van der Waals surface area contributed by atoms with Crippen LogP contribution in [-0.4, -0.2) is 19.2 Å². The summed E-state index contributed by atoms with van der Waals surface area (Å²) in [6.07, 6.45) is 1.69. The second-order valence-electron chi connectivity index (χ2n) is 2.16. The predicted octanol–water partition coefficient (Wildman–Crippen LogP) is 1.74. The molecule has 0 aromatic carbocycles. The van der Waals surface area contributed by atoms with Crippen LogP contribution >= 0.6 is 0 Å². The molecule has 0 aliphatic carbocycles. The summed E-state index contributed by atoms with van der Waals surface area (Å²) < 4.78 is 9.95. The molecule has 0 aliphatic heterocycles. The van der Waals surface area contributed by atoms with E-state index in [4.69, 9.17) is 9.47 Å². The number of ether oxygens (including phenoxy) is 2. The first-order valence-corrected chi connectivity index (χ1v) is 3.53. The van der Waals surface area contributed by atoms with E-state index in [2.05, 4.69) is 11.6 Å². The molecule has 0 atom stereocenters. The number of nitrogens with zero attached hydrogens (tertiary/aromatic N) is 1. The van der Waals surface area contributed by atoms with Gasteiger partial charge in [-0.3, -0.25) is 0 Å². The van der Waals surface area contributed by atoms with Crippen LogP contribution in [0.4, 0.5) is 0 Å². The smallest absolute Gasteiger partial charge is 0.223 e. The number of hydrogen-bond donors (Lipinski definition) is 0. The van der Waals surface area contributed by atoms with Crippen molar-refractivity contribution in [3.63, 3.8) is 0 Å². The first-order chi connectivity index (χ1) is 5.81. The van der Waals surface area contributed by atoms with Gasteiger partial charge in [-0.25, -0.2) is 0 Å². The van der Waals surface area contributed by atoms with Crippen molar-refractivity contribution in [1.82, 2.24) is 4.98 Å². The van der Waals surface area contributed by atoms with Gasteiger partial charge in [-0.1, -0.05) is 12.7 Å². The van der Waals surface area contributed by atoms with Gasteiger partial charge in [0, 0.05) is 11.6 Å². The van der Waals surface area contributed by atoms with Crippen LogP contribution in [0.2, 0.25) is 0 Å². The Kier molecular flexibility index (Phi) is 2.69. The van der Waals surface area contributed by atoms with Gasteiger partial charge in [0.25, 0.3) is 0 Å². The summed E-state index contributed by atoms with van der Waals surface area (Å²) in [7, 11) is 3.13. The number of pyridine rings is 1. The van der Waals surface area contributed by atoms with E-state index in [1.54, 1.807) is 26.4 Å². The predicted molar refractivity (Wildman–Crippen MR) is 47.4 cm³/mol. The number of rotatable bonds is 3. The fourth-order valence-electron chi connectivity index (χ4n) is 0.867. The van der Waals surface area contributed by atoms with E-state index in [-0.39, 0.29) is 0 Å². The minimum Gasteiger partial charge on any atom is -0.481 e. The molecule has 12 heavy (non-hydrogen) atoms. The van der Waals surface area contributed by atoms with Gasteiger partial charge in [0.15, 0.2) is 0 Å². The van der Waals surface area contributed by atoms with Crippen LogP contribution in [0.3, 0.4) is 0 Å². The summed E-state index contributed by atoms with van der Waals surface area (Å²) in [6, 6.07) is 3.61. The normalized spacial score (nSPS) is 9.17. The van der Waals surface area contributed by atoms with Gasteiger partial charge < -0.3 is 9.47 Å². The molecule has 1 aromatic rings. The van der Waals surface area contributed by atoms with E-state index < -0.39 is 0 Å². The Morgan fingerprint density at radius 1 is 1.33 bits per heavy atom. The molecule has 0 saturated carbocycles. The monoisotopic (exact) mass is 165 g/mol. The maximum absolute atomic E-state index is 5.02. The highest BCUT2D eigenvalue weighted by Gasteiger charge is 2.01. The summed E-state index contributed by atoms with van der Waals surface area (Å²) in [5.74, 6) is 1.07. The van der Waals surface area contributed by atoms with Gasteiger partial charge in [-0.15, -0.1) is 0 Å².